The van der Waals surface area contributed by atoms with Gasteiger partial charge in [0.1, 0.15) is 11.3 Å². The standard InChI is InChI=1S/C19H23N3O2S/c23-18(16-13-25-14-20-16)22-11-8-19(24,15-6-2-1-3-7-15)17(12-22)21-9-4-5-10-21/h1-3,6-7,13-14,17,24H,4-5,8-12H2/t17-,19+/m1/s1. The van der Waals surface area contributed by atoms with Crippen molar-refractivity contribution in [1.82, 2.24) is 14.8 Å². The lowest BCUT2D eigenvalue weighted by Gasteiger charge is -2.48. The molecule has 25 heavy (non-hydrogen) atoms. The minimum atomic E-state index is -0.912. The van der Waals surface area contributed by atoms with Crippen LogP contribution in [0.5, 0.6) is 0 Å². The number of hydrogen-bond acceptors (Lipinski definition) is 5. The van der Waals surface area contributed by atoms with Gasteiger partial charge in [0.05, 0.1) is 11.6 Å². The summed E-state index contributed by atoms with van der Waals surface area (Å²) in [4.78, 5) is 21.1. The molecule has 0 unspecified atom stereocenters. The van der Waals surface area contributed by atoms with E-state index in [9.17, 15) is 9.90 Å². The highest BCUT2D eigenvalue weighted by atomic mass is 32.1. The van der Waals surface area contributed by atoms with E-state index in [2.05, 4.69) is 9.88 Å². The number of thiazole rings is 1. The average Bonchev–Trinajstić information content (AvgIpc) is 3.36. The normalized spacial score (nSPS) is 27.6. The van der Waals surface area contributed by atoms with Gasteiger partial charge in [0.2, 0.25) is 0 Å². The fraction of sp³-hybridized carbons (Fsp3) is 0.474. The molecule has 5 nitrogen and oxygen atoms in total. The fourth-order valence-electron chi connectivity index (χ4n) is 4.12. The van der Waals surface area contributed by atoms with Crippen molar-refractivity contribution in [2.45, 2.75) is 30.9 Å². The number of nitrogens with zero attached hydrogens (tertiary/aromatic N) is 3. The largest absolute Gasteiger partial charge is 0.383 e. The van der Waals surface area contributed by atoms with Crippen LogP contribution in [0.25, 0.3) is 0 Å². The molecule has 0 radical (unpaired) electrons. The van der Waals surface area contributed by atoms with Gasteiger partial charge in [0, 0.05) is 18.5 Å². The Kier molecular flexibility index (Phi) is 4.58. The van der Waals surface area contributed by atoms with E-state index < -0.39 is 5.60 Å². The lowest BCUT2D eigenvalue weighted by Crippen LogP contribution is -2.61. The highest BCUT2D eigenvalue weighted by Crippen LogP contribution is 2.37. The molecule has 132 valence electrons. The highest BCUT2D eigenvalue weighted by molar-refractivity contribution is 7.07. The van der Waals surface area contributed by atoms with Crippen LogP contribution in [0.4, 0.5) is 0 Å². The van der Waals surface area contributed by atoms with Crippen LogP contribution in [-0.4, -0.2) is 58.0 Å². The monoisotopic (exact) mass is 357 g/mol. The molecule has 1 aromatic heterocycles. The van der Waals surface area contributed by atoms with Crippen LogP contribution in [0, 0.1) is 0 Å². The van der Waals surface area contributed by atoms with Crippen LogP contribution < -0.4 is 0 Å². The van der Waals surface area contributed by atoms with Gasteiger partial charge in [-0.05, 0) is 37.9 Å². The van der Waals surface area contributed by atoms with Gasteiger partial charge in [-0.25, -0.2) is 4.98 Å². The number of rotatable bonds is 3. The van der Waals surface area contributed by atoms with Gasteiger partial charge >= 0.3 is 0 Å². The van der Waals surface area contributed by atoms with Gasteiger partial charge in [-0.15, -0.1) is 11.3 Å². The molecule has 3 heterocycles. The Morgan fingerprint density at radius 1 is 1.20 bits per heavy atom. The molecule has 2 aliphatic heterocycles. The zero-order valence-electron chi connectivity index (χ0n) is 14.2. The van der Waals surface area contributed by atoms with E-state index in [1.54, 1.807) is 10.9 Å². The predicted octanol–water partition coefficient (Wildman–Crippen LogP) is 2.34. The van der Waals surface area contributed by atoms with E-state index >= 15 is 0 Å². The summed E-state index contributed by atoms with van der Waals surface area (Å²) in [5, 5.41) is 13.4. The molecule has 4 rings (SSSR count). The van der Waals surface area contributed by atoms with Crippen molar-refractivity contribution in [2.24, 2.45) is 0 Å². The second kappa shape index (κ2) is 6.86. The van der Waals surface area contributed by atoms with E-state index in [0.29, 0.717) is 25.2 Å². The topological polar surface area (TPSA) is 56.7 Å². The maximum atomic E-state index is 12.7. The first-order valence-corrected chi connectivity index (χ1v) is 9.82. The summed E-state index contributed by atoms with van der Waals surface area (Å²) < 4.78 is 0. The summed E-state index contributed by atoms with van der Waals surface area (Å²) in [6, 6.07) is 9.84. The molecule has 2 aromatic rings. The third-order valence-corrected chi connectivity index (χ3v) is 6.09. The highest BCUT2D eigenvalue weighted by Gasteiger charge is 2.47. The van der Waals surface area contributed by atoms with Crippen LogP contribution in [0.1, 0.15) is 35.3 Å². The number of amides is 1. The number of carbonyl (C=O) groups excluding carboxylic acids is 1. The minimum absolute atomic E-state index is 0.0273. The number of carbonyl (C=O) groups is 1. The summed E-state index contributed by atoms with van der Waals surface area (Å²) >= 11 is 1.44. The van der Waals surface area contributed by atoms with Gasteiger partial charge in [0.25, 0.3) is 5.91 Å². The summed E-state index contributed by atoms with van der Waals surface area (Å²) in [7, 11) is 0. The Hall–Kier alpha value is -1.76. The van der Waals surface area contributed by atoms with Crippen molar-refractivity contribution >= 4 is 17.2 Å². The first kappa shape index (κ1) is 16.7. The number of likely N-dealkylation sites (tertiary alicyclic amines) is 2. The van der Waals surface area contributed by atoms with Crippen molar-refractivity contribution in [3.63, 3.8) is 0 Å². The van der Waals surface area contributed by atoms with Crippen molar-refractivity contribution in [1.29, 1.82) is 0 Å². The molecule has 2 saturated heterocycles. The van der Waals surface area contributed by atoms with E-state index in [1.807, 2.05) is 35.2 Å². The fourth-order valence-corrected chi connectivity index (χ4v) is 4.65. The lowest BCUT2D eigenvalue weighted by atomic mass is 9.79. The van der Waals surface area contributed by atoms with Gasteiger partial charge in [-0.3, -0.25) is 9.69 Å². The Labute approximate surface area is 151 Å². The van der Waals surface area contributed by atoms with Crippen LogP contribution >= 0.6 is 11.3 Å². The lowest BCUT2D eigenvalue weighted by molar-refractivity contribution is -0.0878. The Morgan fingerprint density at radius 2 is 1.96 bits per heavy atom. The first-order chi connectivity index (χ1) is 12.2. The minimum Gasteiger partial charge on any atom is -0.383 e. The molecule has 0 spiro atoms. The summed E-state index contributed by atoms with van der Waals surface area (Å²) in [5.41, 5.74) is 2.24. The van der Waals surface area contributed by atoms with Crippen molar-refractivity contribution in [3.8, 4) is 0 Å². The zero-order chi connectivity index (χ0) is 17.3. The van der Waals surface area contributed by atoms with Gasteiger partial charge in [-0.2, -0.15) is 0 Å². The number of hydrogen-bond donors (Lipinski definition) is 1. The Morgan fingerprint density at radius 3 is 2.64 bits per heavy atom. The van der Waals surface area contributed by atoms with Gasteiger partial charge in [0.15, 0.2) is 0 Å². The molecular weight excluding hydrogens is 334 g/mol. The molecule has 6 heteroatoms. The van der Waals surface area contributed by atoms with E-state index in [1.165, 1.54) is 11.3 Å². The molecule has 1 amide bonds. The number of aromatic nitrogens is 1. The third kappa shape index (κ3) is 3.10. The Balaban J connectivity index is 1.62. The summed E-state index contributed by atoms with van der Waals surface area (Å²) in [6.07, 6.45) is 2.86. The van der Waals surface area contributed by atoms with Crippen LogP contribution in [-0.2, 0) is 5.60 Å². The first-order valence-electron chi connectivity index (χ1n) is 8.88. The maximum absolute atomic E-state index is 12.7. The molecule has 0 saturated carbocycles. The quantitative estimate of drug-likeness (QED) is 0.916. The molecule has 2 fully saturated rings. The van der Waals surface area contributed by atoms with Crippen LogP contribution in [0.3, 0.4) is 0 Å². The van der Waals surface area contributed by atoms with E-state index in [0.717, 1.165) is 31.5 Å². The molecule has 1 aromatic carbocycles. The molecule has 2 atom stereocenters. The number of piperidine rings is 1. The number of benzene rings is 1. The van der Waals surface area contributed by atoms with Crippen molar-refractivity contribution in [2.75, 3.05) is 26.2 Å². The van der Waals surface area contributed by atoms with Gasteiger partial charge < -0.3 is 10.0 Å². The van der Waals surface area contributed by atoms with E-state index in [4.69, 9.17) is 0 Å². The van der Waals surface area contributed by atoms with Crippen molar-refractivity contribution < 1.29 is 9.90 Å². The Bertz CT molecular complexity index is 716. The third-order valence-electron chi connectivity index (χ3n) is 5.50. The molecule has 0 aliphatic carbocycles. The molecule has 0 bridgehead atoms. The number of aliphatic hydroxyl groups is 1. The van der Waals surface area contributed by atoms with Crippen LogP contribution in [0.15, 0.2) is 41.2 Å². The van der Waals surface area contributed by atoms with Crippen LogP contribution in [0.2, 0.25) is 0 Å². The smallest absolute Gasteiger partial charge is 0.273 e. The second-order valence-corrected chi connectivity index (χ2v) is 7.64. The van der Waals surface area contributed by atoms with Gasteiger partial charge in [-0.1, -0.05) is 30.3 Å². The maximum Gasteiger partial charge on any atom is 0.273 e. The van der Waals surface area contributed by atoms with E-state index in [-0.39, 0.29) is 11.9 Å². The second-order valence-electron chi connectivity index (χ2n) is 6.92. The predicted molar refractivity (Wildman–Crippen MR) is 97.6 cm³/mol. The SMILES string of the molecule is O=C(c1cscn1)N1CC[C@](O)(c2ccccc2)[C@H](N2CCCC2)C1. The molecular formula is C19H23N3O2S. The molecule has 2 aliphatic rings. The summed E-state index contributed by atoms with van der Waals surface area (Å²) in [5.74, 6) is -0.0273. The average molecular weight is 357 g/mol. The van der Waals surface area contributed by atoms with Crippen molar-refractivity contribution in [3.05, 3.63) is 52.5 Å². The molecule has 1 N–H and O–H groups in total. The zero-order valence-corrected chi connectivity index (χ0v) is 15.0. The summed E-state index contributed by atoms with van der Waals surface area (Å²) in [6.45, 7) is 3.06.